The first kappa shape index (κ1) is 25.6. The third kappa shape index (κ3) is 5.47. The number of nitrogens with one attached hydrogen (secondary N) is 2. The highest BCUT2D eigenvalue weighted by Gasteiger charge is 2.32. The average molecular weight is 534 g/mol. The highest BCUT2D eigenvalue weighted by molar-refractivity contribution is 6.33. The van der Waals surface area contributed by atoms with Crippen LogP contribution in [0.3, 0.4) is 0 Å². The number of amides is 1. The largest absolute Gasteiger partial charge is 0.390 e. The van der Waals surface area contributed by atoms with Crippen molar-refractivity contribution in [1.29, 1.82) is 0 Å². The number of fused-ring (bicyclic) bond motifs is 1. The summed E-state index contributed by atoms with van der Waals surface area (Å²) in [5.41, 5.74) is 5.70. The number of aromatic nitrogens is 4. The van der Waals surface area contributed by atoms with Gasteiger partial charge in [-0.05, 0) is 64.4 Å². The number of nitrogens with zero attached hydrogens (tertiary/aromatic N) is 4. The molecule has 0 saturated heterocycles. The topological polar surface area (TPSA) is 131 Å². The first-order chi connectivity index (χ1) is 17.6. The van der Waals surface area contributed by atoms with E-state index >= 15 is 0 Å². The molecule has 0 spiro atoms. The van der Waals surface area contributed by atoms with Crippen LogP contribution in [0.4, 0.5) is 26.4 Å². The molecule has 37 heavy (non-hydrogen) atoms. The number of nitrogens with two attached hydrogens (primary N) is 1. The van der Waals surface area contributed by atoms with Crippen molar-refractivity contribution in [2.24, 2.45) is 11.7 Å². The maximum absolute atomic E-state index is 14.6. The van der Waals surface area contributed by atoms with Crippen molar-refractivity contribution in [2.75, 3.05) is 10.6 Å². The van der Waals surface area contributed by atoms with E-state index in [9.17, 15) is 18.7 Å². The van der Waals surface area contributed by atoms with Gasteiger partial charge in [0.2, 0.25) is 17.8 Å². The molecule has 0 aliphatic heterocycles. The number of halogens is 3. The van der Waals surface area contributed by atoms with Gasteiger partial charge in [0.1, 0.15) is 11.3 Å². The molecule has 2 aliphatic rings. The number of rotatable bonds is 6. The van der Waals surface area contributed by atoms with Crippen LogP contribution in [0.25, 0.3) is 11.2 Å². The van der Waals surface area contributed by atoms with Gasteiger partial charge in [0.25, 0.3) is 0 Å². The number of benzene rings is 1. The van der Waals surface area contributed by atoms with Crippen LogP contribution in [0.1, 0.15) is 64.3 Å². The van der Waals surface area contributed by atoms with Crippen molar-refractivity contribution >= 4 is 46.3 Å². The fourth-order valence-electron chi connectivity index (χ4n) is 5.56. The summed E-state index contributed by atoms with van der Waals surface area (Å²) in [4.78, 5) is 25.5. The van der Waals surface area contributed by atoms with Crippen LogP contribution in [-0.2, 0) is 4.79 Å². The van der Waals surface area contributed by atoms with Crippen LogP contribution in [0.5, 0.6) is 0 Å². The molecule has 0 unspecified atom stereocenters. The molecule has 2 fully saturated rings. The van der Waals surface area contributed by atoms with Crippen molar-refractivity contribution in [3.63, 3.8) is 0 Å². The molecule has 3 aromatic rings. The summed E-state index contributed by atoms with van der Waals surface area (Å²) in [5.74, 6) is -1.45. The molecule has 198 valence electrons. The lowest BCUT2D eigenvalue weighted by Crippen LogP contribution is -2.38. The number of carbonyl (C=O) groups excluding carboxylic acids is 1. The molecule has 5 rings (SSSR count). The molecule has 2 aromatic heterocycles. The third-order valence-corrected chi connectivity index (χ3v) is 7.73. The maximum atomic E-state index is 14.6. The van der Waals surface area contributed by atoms with Gasteiger partial charge in [-0.1, -0.05) is 11.6 Å². The van der Waals surface area contributed by atoms with Crippen LogP contribution < -0.4 is 16.4 Å². The summed E-state index contributed by atoms with van der Waals surface area (Å²) >= 11 is 6.14. The summed E-state index contributed by atoms with van der Waals surface area (Å²) in [6, 6.07) is 1.70. The number of aliphatic hydroxyl groups is 1. The molecule has 1 aromatic carbocycles. The van der Waals surface area contributed by atoms with Gasteiger partial charge in [-0.25, -0.2) is 18.7 Å². The minimum absolute atomic E-state index is 0.0216. The molecule has 0 radical (unpaired) electrons. The second-order valence-corrected chi connectivity index (χ2v) is 10.8. The Kier molecular flexibility index (Phi) is 6.93. The second kappa shape index (κ2) is 10.0. The van der Waals surface area contributed by atoms with E-state index in [-0.39, 0.29) is 40.6 Å². The second-order valence-electron chi connectivity index (χ2n) is 10.4. The fraction of sp³-hybridized carbons (Fsp3) is 0.520. The van der Waals surface area contributed by atoms with E-state index in [4.69, 9.17) is 22.3 Å². The van der Waals surface area contributed by atoms with Gasteiger partial charge in [-0.3, -0.25) is 9.36 Å². The molecular weight excluding hydrogens is 504 g/mol. The van der Waals surface area contributed by atoms with E-state index < -0.39 is 17.2 Å². The number of anilines is 3. The summed E-state index contributed by atoms with van der Waals surface area (Å²) < 4.78 is 30.1. The highest BCUT2D eigenvalue weighted by Crippen LogP contribution is 2.38. The van der Waals surface area contributed by atoms with E-state index in [0.717, 1.165) is 31.4 Å². The Bertz CT molecular complexity index is 1300. The number of hydrogen-bond acceptors (Lipinski definition) is 7. The maximum Gasteiger partial charge on any atom is 0.224 e. The lowest BCUT2D eigenvalue weighted by atomic mass is 9.83. The SMILES string of the molecule is C[C@]1(O)CCC[C@H](Nc2ncc3nc(Nc4c(F)cc(F)cc4Cl)n(C4CCC(C(N)=O)CC4)c3n2)C1. The van der Waals surface area contributed by atoms with Gasteiger partial charge in [-0.15, -0.1) is 0 Å². The van der Waals surface area contributed by atoms with Crippen LogP contribution in [0.15, 0.2) is 18.3 Å². The van der Waals surface area contributed by atoms with Gasteiger partial charge < -0.3 is 21.5 Å². The standard InChI is InChI=1S/C25H30ClF2N7O2/c1-25(37)8-2-3-15(11-25)31-23-30-12-19-22(34-23)35(16-6-4-13(5-7-16)21(29)36)24(32-19)33-20-17(26)9-14(27)10-18(20)28/h9-10,12-13,15-16,37H,2-8,11H2,1H3,(H2,29,36)(H,32,33)(H,30,31,34)/t13?,15-,16?,25-/m0/s1. The molecule has 12 heteroatoms. The van der Waals surface area contributed by atoms with Crippen LogP contribution in [0.2, 0.25) is 5.02 Å². The van der Waals surface area contributed by atoms with Crippen molar-refractivity contribution in [2.45, 2.75) is 76.0 Å². The van der Waals surface area contributed by atoms with Crippen molar-refractivity contribution in [1.82, 2.24) is 19.5 Å². The van der Waals surface area contributed by atoms with Crippen LogP contribution >= 0.6 is 11.6 Å². The fourth-order valence-corrected chi connectivity index (χ4v) is 5.80. The summed E-state index contributed by atoms with van der Waals surface area (Å²) in [6.45, 7) is 1.83. The Labute approximate surface area is 217 Å². The Balaban J connectivity index is 1.51. The van der Waals surface area contributed by atoms with E-state index in [2.05, 4.69) is 20.6 Å². The zero-order valence-corrected chi connectivity index (χ0v) is 21.2. The van der Waals surface area contributed by atoms with E-state index in [1.54, 1.807) is 6.20 Å². The van der Waals surface area contributed by atoms with Crippen LogP contribution in [0, 0.1) is 17.6 Å². The first-order valence-corrected chi connectivity index (χ1v) is 12.9. The minimum atomic E-state index is -0.848. The molecule has 2 saturated carbocycles. The zero-order chi connectivity index (χ0) is 26.3. The predicted octanol–water partition coefficient (Wildman–Crippen LogP) is 4.82. The number of imidazole rings is 1. The van der Waals surface area contributed by atoms with E-state index in [1.165, 1.54) is 0 Å². The molecule has 2 heterocycles. The smallest absolute Gasteiger partial charge is 0.224 e. The molecule has 2 aliphatic carbocycles. The van der Waals surface area contributed by atoms with Crippen LogP contribution in [-0.4, -0.2) is 42.2 Å². The summed E-state index contributed by atoms with van der Waals surface area (Å²) in [6.07, 6.45) is 7.22. The molecule has 1 amide bonds. The first-order valence-electron chi connectivity index (χ1n) is 12.5. The van der Waals surface area contributed by atoms with Gasteiger partial charge in [0.15, 0.2) is 11.5 Å². The zero-order valence-electron chi connectivity index (χ0n) is 20.5. The molecule has 0 bridgehead atoms. The van der Waals surface area contributed by atoms with Crippen molar-refractivity contribution in [3.8, 4) is 0 Å². The number of primary amides is 1. The highest BCUT2D eigenvalue weighted by atomic mass is 35.5. The predicted molar refractivity (Wildman–Crippen MR) is 137 cm³/mol. The van der Waals surface area contributed by atoms with Crippen molar-refractivity contribution < 1.29 is 18.7 Å². The quantitative estimate of drug-likeness (QED) is 0.357. The van der Waals surface area contributed by atoms with E-state index in [1.807, 2.05) is 11.5 Å². The Morgan fingerprint density at radius 2 is 1.97 bits per heavy atom. The van der Waals surface area contributed by atoms with E-state index in [0.29, 0.717) is 49.2 Å². The summed E-state index contributed by atoms with van der Waals surface area (Å²) in [5, 5.41) is 16.6. The molecule has 5 N–H and O–H groups in total. The molecular formula is C25H30ClF2N7O2. The summed E-state index contributed by atoms with van der Waals surface area (Å²) in [7, 11) is 0. The number of carbonyl (C=O) groups is 1. The lowest BCUT2D eigenvalue weighted by Gasteiger charge is -2.34. The van der Waals surface area contributed by atoms with Crippen molar-refractivity contribution in [3.05, 3.63) is 35.0 Å². The van der Waals surface area contributed by atoms with Gasteiger partial charge >= 0.3 is 0 Å². The van der Waals surface area contributed by atoms with Gasteiger partial charge in [-0.2, -0.15) is 4.98 Å². The van der Waals surface area contributed by atoms with Gasteiger partial charge in [0.05, 0.1) is 22.5 Å². The monoisotopic (exact) mass is 533 g/mol. The Hall–Kier alpha value is -3.05. The normalized spacial score (nSPS) is 26.2. The molecule has 9 nitrogen and oxygen atoms in total. The minimum Gasteiger partial charge on any atom is -0.390 e. The Morgan fingerprint density at radius 3 is 2.65 bits per heavy atom. The third-order valence-electron chi connectivity index (χ3n) is 7.43. The van der Waals surface area contributed by atoms with Gasteiger partial charge in [0, 0.05) is 24.1 Å². The average Bonchev–Trinajstić information content (AvgIpc) is 3.18. The number of hydrogen-bond donors (Lipinski definition) is 4. The lowest BCUT2D eigenvalue weighted by molar-refractivity contribution is -0.122. The Morgan fingerprint density at radius 1 is 1.22 bits per heavy atom. The molecule has 2 atom stereocenters.